The number of carbonyl (C=O) groups is 3. The highest BCUT2D eigenvalue weighted by atomic mass is 16.5. The van der Waals surface area contributed by atoms with Crippen LogP contribution in [-0.2, 0) is 21.4 Å². The van der Waals surface area contributed by atoms with Crippen LogP contribution in [0.2, 0.25) is 0 Å². The lowest BCUT2D eigenvalue weighted by atomic mass is 9.93. The van der Waals surface area contributed by atoms with E-state index in [1.165, 1.54) is 6.20 Å². The zero-order valence-corrected chi connectivity index (χ0v) is 24.3. The SMILES string of the molecule is CN(C)C(=O)CN1CCC(COc2ccc(C(=O)Nc3ccc(CC(=O)Nc4cc(C(C)(C)C)on4)cc3)nc2)C1. The Morgan fingerprint density at radius 3 is 2.49 bits per heavy atom. The first-order chi connectivity index (χ1) is 19.5. The van der Waals surface area contributed by atoms with Crippen LogP contribution in [0.3, 0.4) is 0 Å². The van der Waals surface area contributed by atoms with Gasteiger partial charge in [-0.2, -0.15) is 0 Å². The number of rotatable bonds is 10. The number of nitrogens with one attached hydrogen (secondary N) is 2. The van der Waals surface area contributed by atoms with E-state index >= 15 is 0 Å². The van der Waals surface area contributed by atoms with Crippen molar-refractivity contribution in [2.24, 2.45) is 5.92 Å². The molecule has 0 bridgehead atoms. The fraction of sp³-hybridized carbons (Fsp3) is 0.433. The van der Waals surface area contributed by atoms with Gasteiger partial charge in [0.1, 0.15) is 17.2 Å². The molecule has 0 radical (unpaired) electrons. The number of ether oxygens (including phenoxy) is 1. The molecular formula is C30H38N6O5. The lowest BCUT2D eigenvalue weighted by Crippen LogP contribution is -2.35. The van der Waals surface area contributed by atoms with Gasteiger partial charge in [0.25, 0.3) is 5.91 Å². The van der Waals surface area contributed by atoms with Crippen LogP contribution in [0.25, 0.3) is 0 Å². The molecule has 11 nitrogen and oxygen atoms in total. The summed E-state index contributed by atoms with van der Waals surface area (Å²) >= 11 is 0. The van der Waals surface area contributed by atoms with Crippen molar-refractivity contribution in [3.8, 4) is 5.75 Å². The number of amides is 3. The number of aromatic nitrogens is 2. The quantitative estimate of drug-likeness (QED) is 0.384. The van der Waals surface area contributed by atoms with Crippen molar-refractivity contribution in [3.63, 3.8) is 0 Å². The number of benzene rings is 1. The minimum absolute atomic E-state index is 0.0990. The van der Waals surface area contributed by atoms with Gasteiger partial charge < -0.3 is 24.8 Å². The molecule has 0 aliphatic carbocycles. The number of anilines is 2. The van der Waals surface area contributed by atoms with Gasteiger partial charge in [0, 0.05) is 43.7 Å². The summed E-state index contributed by atoms with van der Waals surface area (Å²) in [6, 6.07) is 12.1. The smallest absolute Gasteiger partial charge is 0.274 e. The number of pyridine rings is 1. The van der Waals surface area contributed by atoms with E-state index in [1.54, 1.807) is 61.5 Å². The Bertz CT molecular complexity index is 1340. The lowest BCUT2D eigenvalue weighted by Gasteiger charge is -2.18. The van der Waals surface area contributed by atoms with Crippen molar-refractivity contribution in [2.45, 2.75) is 39.0 Å². The average Bonchev–Trinajstić information content (AvgIpc) is 3.58. The van der Waals surface area contributed by atoms with E-state index in [2.05, 4.69) is 25.7 Å². The van der Waals surface area contributed by atoms with Gasteiger partial charge in [-0.05, 0) is 42.8 Å². The minimum atomic E-state index is -0.347. The van der Waals surface area contributed by atoms with Crippen LogP contribution in [-0.4, -0.2) is 78.0 Å². The summed E-state index contributed by atoms with van der Waals surface area (Å²) in [6.45, 7) is 8.66. The van der Waals surface area contributed by atoms with E-state index < -0.39 is 0 Å². The Labute approximate surface area is 240 Å². The summed E-state index contributed by atoms with van der Waals surface area (Å²) < 4.78 is 11.2. The molecule has 0 spiro atoms. The van der Waals surface area contributed by atoms with Crippen molar-refractivity contribution in [1.29, 1.82) is 0 Å². The minimum Gasteiger partial charge on any atom is -0.492 e. The number of carbonyl (C=O) groups excluding carboxylic acids is 3. The van der Waals surface area contributed by atoms with Crippen molar-refractivity contribution >= 4 is 29.2 Å². The molecule has 2 aromatic heterocycles. The maximum absolute atomic E-state index is 12.7. The Kier molecular flexibility index (Phi) is 9.38. The number of likely N-dealkylation sites (N-methyl/N-ethyl adjacent to an activating group) is 1. The topological polar surface area (TPSA) is 130 Å². The predicted molar refractivity (Wildman–Crippen MR) is 155 cm³/mol. The average molecular weight is 563 g/mol. The van der Waals surface area contributed by atoms with Gasteiger partial charge in [-0.25, -0.2) is 4.98 Å². The third-order valence-electron chi connectivity index (χ3n) is 6.78. The monoisotopic (exact) mass is 562 g/mol. The zero-order valence-electron chi connectivity index (χ0n) is 24.3. The first kappa shape index (κ1) is 29.7. The number of nitrogens with zero attached hydrogens (tertiary/aromatic N) is 4. The molecule has 3 amide bonds. The third-order valence-corrected chi connectivity index (χ3v) is 6.78. The largest absolute Gasteiger partial charge is 0.492 e. The predicted octanol–water partition coefficient (Wildman–Crippen LogP) is 3.59. The van der Waals surface area contributed by atoms with Crippen molar-refractivity contribution in [3.05, 3.63) is 65.7 Å². The van der Waals surface area contributed by atoms with Crippen molar-refractivity contribution < 1.29 is 23.6 Å². The molecule has 1 atom stereocenters. The van der Waals surface area contributed by atoms with Crippen LogP contribution >= 0.6 is 0 Å². The lowest BCUT2D eigenvalue weighted by molar-refractivity contribution is -0.129. The van der Waals surface area contributed by atoms with E-state index in [9.17, 15) is 14.4 Å². The summed E-state index contributed by atoms with van der Waals surface area (Å²) in [6.07, 6.45) is 2.66. The van der Waals surface area contributed by atoms with E-state index in [4.69, 9.17) is 9.26 Å². The molecule has 1 aliphatic rings. The Balaban J connectivity index is 1.21. The fourth-order valence-electron chi connectivity index (χ4n) is 4.30. The highest BCUT2D eigenvalue weighted by molar-refractivity contribution is 6.02. The van der Waals surface area contributed by atoms with Crippen LogP contribution in [0.5, 0.6) is 5.75 Å². The Morgan fingerprint density at radius 2 is 1.85 bits per heavy atom. The molecule has 1 saturated heterocycles. The molecule has 218 valence electrons. The van der Waals surface area contributed by atoms with Crippen molar-refractivity contribution in [1.82, 2.24) is 19.9 Å². The molecule has 1 aromatic carbocycles. The van der Waals surface area contributed by atoms with Gasteiger partial charge in [-0.1, -0.05) is 38.1 Å². The second-order valence-electron chi connectivity index (χ2n) is 11.6. The molecule has 3 heterocycles. The first-order valence-corrected chi connectivity index (χ1v) is 13.6. The highest BCUT2D eigenvalue weighted by Crippen LogP contribution is 2.24. The Hall–Kier alpha value is -4.25. The molecule has 1 unspecified atom stereocenters. The second kappa shape index (κ2) is 12.9. The molecule has 4 rings (SSSR count). The van der Waals surface area contributed by atoms with Crippen LogP contribution in [0.1, 0.15) is 49.0 Å². The van der Waals surface area contributed by atoms with Gasteiger partial charge in [-0.15, -0.1) is 0 Å². The molecule has 1 aliphatic heterocycles. The first-order valence-electron chi connectivity index (χ1n) is 13.6. The van der Waals surface area contributed by atoms with E-state index in [0.717, 1.165) is 25.1 Å². The summed E-state index contributed by atoms with van der Waals surface area (Å²) in [5.74, 6) is 1.54. The molecule has 41 heavy (non-hydrogen) atoms. The van der Waals surface area contributed by atoms with E-state index in [1.807, 2.05) is 20.8 Å². The van der Waals surface area contributed by atoms with Crippen LogP contribution < -0.4 is 15.4 Å². The van der Waals surface area contributed by atoms with Gasteiger partial charge in [0.2, 0.25) is 11.8 Å². The molecule has 3 aromatic rings. The standard InChI is InChI=1S/C30H38N6O5/c1-30(2,3)25-15-26(34-41-25)33-27(37)14-20-6-8-22(9-7-20)32-29(39)24-11-10-23(16-31-24)40-19-21-12-13-36(17-21)18-28(38)35(4)5/h6-11,15-16,21H,12-14,17-19H2,1-5H3,(H,32,39)(H,33,34,37). The van der Waals surface area contributed by atoms with Crippen LogP contribution in [0, 0.1) is 5.92 Å². The van der Waals surface area contributed by atoms with Gasteiger partial charge in [0.15, 0.2) is 5.82 Å². The van der Waals surface area contributed by atoms with Gasteiger partial charge in [-0.3, -0.25) is 19.3 Å². The number of likely N-dealkylation sites (tertiary alicyclic amines) is 1. The van der Waals surface area contributed by atoms with Crippen LogP contribution in [0.4, 0.5) is 11.5 Å². The number of hydrogen-bond acceptors (Lipinski definition) is 8. The van der Waals surface area contributed by atoms with Crippen LogP contribution in [0.15, 0.2) is 53.2 Å². The molecule has 2 N–H and O–H groups in total. The maximum atomic E-state index is 12.7. The summed E-state index contributed by atoms with van der Waals surface area (Å²) in [4.78, 5) is 45.0. The third kappa shape index (κ3) is 8.62. The summed E-state index contributed by atoms with van der Waals surface area (Å²) in [5, 5.41) is 9.47. The maximum Gasteiger partial charge on any atom is 0.274 e. The molecular weight excluding hydrogens is 524 g/mol. The number of hydrogen-bond donors (Lipinski definition) is 2. The summed E-state index contributed by atoms with van der Waals surface area (Å²) in [5.41, 5.74) is 1.44. The van der Waals surface area contributed by atoms with Crippen molar-refractivity contribution in [2.75, 3.05) is 51.0 Å². The molecule has 1 fully saturated rings. The van der Waals surface area contributed by atoms with E-state index in [0.29, 0.717) is 42.1 Å². The normalized spacial score (nSPS) is 15.4. The van der Waals surface area contributed by atoms with E-state index in [-0.39, 0.29) is 35.3 Å². The molecule has 0 saturated carbocycles. The van der Waals surface area contributed by atoms with Gasteiger partial charge >= 0.3 is 0 Å². The Morgan fingerprint density at radius 1 is 1.10 bits per heavy atom. The second-order valence-corrected chi connectivity index (χ2v) is 11.6. The van der Waals surface area contributed by atoms with Gasteiger partial charge in [0.05, 0.1) is 25.8 Å². The fourth-order valence-corrected chi connectivity index (χ4v) is 4.30. The molecule has 11 heteroatoms. The summed E-state index contributed by atoms with van der Waals surface area (Å²) in [7, 11) is 3.53. The zero-order chi connectivity index (χ0) is 29.6. The highest BCUT2D eigenvalue weighted by Gasteiger charge is 2.25.